The topological polar surface area (TPSA) is 77.8 Å². The zero-order valence-corrected chi connectivity index (χ0v) is 10.1. The van der Waals surface area contributed by atoms with E-state index in [4.69, 9.17) is 5.11 Å². The van der Waals surface area contributed by atoms with Gasteiger partial charge in [0.2, 0.25) is 0 Å². The molecule has 0 bridgehead atoms. The van der Waals surface area contributed by atoms with Crippen molar-refractivity contribution in [2.75, 3.05) is 6.54 Å². The minimum atomic E-state index is -1.17. The highest BCUT2D eigenvalue weighted by molar-refractivity contribution is 5.79. The third-order valence-corrected chi connectivity index (χ3v) is 3.31. The number of carboxylic acids is 2. The number of halogens is 1. The molecule has 1 aromatic rings. The zero-order chi connectivity index (χ0) is 14.0. The van der Waals surface area contributed by atoms with Crippen LogP contribution in [0.1, 0.15) is 24.4 Å². The molecule has 1 heterocycles. The van der Waals surface area contributed by atoms with E-state index in [1.165, 1.54) is 23.1 Å². The van der Waals surface area contributed by atoms with Gasteiger partial charge in [-0.05, 0) is 30.5 Å². The van der Waals surface area contributed by atoms with Gasteiger partial charge in [0.15, 0.2) is 0 Å². The first-order valence-corrected chi connectivity index (χ1v) is 5.97. The largest absolute Gasteiger partial charge is 0.480 e. The Kier molecular flexibility index (Phi) is 3.80. The number of nitrogens with zero attached hydrogens (tertiary/aromatic N) is 1. The molecule has 19 heavy (non-hydrogen) atoms. The molecule has 0 radical (unpaired) electrons. The molecule has 0 aliphatic carbocycles. The van der Waals surface area contributed by atoms with Crippen LogP contribution in [-0.2, 0) is 9.59 Å². The van der Waals surface area contributed by atoms with Gasteiger partial charge in [-0.15, -0.1) is 0 Å². The normalized spacial score (nSPS) is 21.2. The van der Waals surface area contributed by atoms with Crippen LogP contribution >= 0.6 is 0 Å². The summed E-state index contributed by atoms with van der Waals surface area (Å²) in [7, 11) is 0. The quantitative estimate of drug-likeness (QED) is 0.864. The van der Waals surface area contributed by atoms with Crippen molar-refractivity contribution in [1.82, 2.24) is 4.90 Å². The van der Waals surface area contributed by atoms with Crippen molar-refractivity contribution in [2.45, 2.75) is 24.9 Å². The smallest absolute Gasteiger partial charge is 0.325 e. The number of likely N-dealkylation sites (tertiary alicyclic amines) is 1. The predicted octanol–water partition coefficient (Wildman–Crippen LogP) is 1.50. The summed E-state index contributed by atoms with van der Waals surface area (Å²) in [6.45, 7) is 0.379. The standard InChI is InChI=1S/C13H14FNO4/c14-9-4-1-3-8(7-9)11(13(18)19)15-6-2-5-10(15)12(16)17/h1,3-4,7,10-11H,2,5-6H2,(H,16,17)(H,18,19). The molecule has 0 aromatic heterocycles. The van der Waals surface area contributed by atoms with Gasteiger partial charge in [-0.25, -0.2) is 4.39 Å². The number of carboxylic acid groups (broad SMARTS) is 2. The first kappa shape index (κ1) is 13.5. The fraction of sp³-hybridized carbons (Fsp3) is 0.385. The average molecular weight is 267 g/mol. The first-order chi connectivity index (χ1) is 9.00. The maximum atomic E-state index is 13.2. The number of hydrogen-bond acceptors (Lipinski definition) is 3. The lowest BCUT2D eigenvalue weighted by Gasteiger charge is -2.28. The van der Waals surface area contributed by atoms with E-state index < -0.39 is 29.8 Å². The molecule has 0 saturated carbocycles. The Bertz CT molecular complexity index is 505. The molecule has 1 saturated heterocycles. The second-order valence-corrected chi connectivity index (χ2v) is 4.53. The molecule has 0 spiro atoms. The molecule has 1 aliphatic rings. The SMILES string of the molecule is O=C(O)C1CCCN1C(C(=O)O)c1cccc(F)c1. The van der Waals surface area contributed by atoms with E-state index in [1.54, 1.807) is 0 Å². The van der Waals surface area contributed by atoms with Crippen molar-refractivity contribution in [3.63, 3.8) is 0 Å². The van der Waals surface area contributed by atoms with Gasteiger partial charge in [-0.2, -0.15) is 0 Å². The summed E-state index contributed by atoms with van der Waals surface area (Å²) in [5.74, 6) is -2.74. The molecular weight excluding hydrogens is 253 g/mol. The Balaban J connectivity index is 2.35. The minimum Gasteiger partial charge on any atom is -0.480 e. The maximum Gasteiger partial charge on any atom is 0.325 e. The van der Waals surface area contributed by atoms with Crippen molar-refractivity contribution < 1.29 is 24.2 Å². The predicted molar refractivity (Wildman–Crippen MR) is 64.1 cm³/mol. The highest BCUT2D eigenvalue weighted by Gasteiger charge is 2.39. The summed E-state index contributed by atoms with van der Waals surface area (Å²) in [6.07, 6.45) is 1.03. The summed E-state index contributed by atoms with van der Waals surface area (Å²) in [5, 5.41) is 18.4. The summed E-state index contributed by atoms with van der Waals surface area (Å²) < 4.78 is 13.2. The number of benzene rings is 1. The molecule has 102 valence electrons. The number of rotatable bonds is 4. The molecule has 0 amide bonds. The van der Waals surface area contributed by atoms with Gasteiger partial charge >= 0.3 is 11.9 Å². The molecule has 1 aromatic carbocycles. The molecule has 1 aliphatic heterocycles. The lowest BCUT2D eigenvalue weighted by Crippen LogP contribution is -2.41. The van der Waals surface area contributed by atoms with E-state index in [9.17, 15) is 19.1 Å². The Morgan fingerprint density at radius 2 is 2.11 bits per heavy atom. The van der Waals surface area contributed by atoms with Crippen LogP contribution in [0.25, 0.3) is 0 Å². The van der Waals surface area contributed by atoms with E-state index in [0.717, 1.165) is 6.07 Å². The van der Waals surface area contributed by atoms with Crippen LogP contribution < -0.4 is 0 Å². The number of hydrogen-bond donors (Lipinski definition) is 2. The number of carbonyl (C=O) groups is 2. The van der Waals surface area contributed by atoms with Crippen molar-refractivity contribution >= 4 is 11.9 Å². The van der Waals surface area contributed by atoms with Crippen molar-refractivity contribution in [1.29, 1.82) is 0 Å². The monoisotopic (exact) mass is 267 g/mol. The molecule has 1 fully saturated rings. The fourth-order valence-corrected chi connectivity index (χ4v) is 2.52. The molecular formula is C13H14FNO4. The van der Waals surface area contributed by atoms with Gasteiger partial charge in [0, 0.05) is 6.54 Å². The second-order valence-electron chi connectivity index (χ2n) is 4.53. The van der Waals surface area contributed by atoms with Gasteiger partial charge in [-0.3, -0.25) is 14.5 Å². The summed E-state index contributed by atoms with van der Waals surface area (Å²) in [5.41, 5.74) is 0.264. The van der Waals surface area contributed by atoms with Crippen molar-refractivity contribution in [3.05, 3.63) is 35.6 Å². The lowest BCUT2D eigenvalue weighted by molar-refractivity contribution is -0.149. The third kappa shape index (κ3) is 2.73. The van der Waals surface area contributed by atoms with Gasteiger partial charge in [-0.1, -0.05) is 12.1 Å². The summed E-state index contributed by atoms with van der Waals surface area (Å²) >= 11 is 0. The molecule has 6 heteroatoms. The van der Waals surface area contributed by atoms with Gasteiger partial charge in [0.1, 0.15) is 17.9 Å². The number of aliphatic carboxylic acids is 2. The van der Waals surface area contributed by atoms with Crippen LogP contribution in [0.4, 0.5) is 4.39 Å². The summed E-state index contributed by atoms with van der Waals surface area (Å²) in [6, 6.07) is 3.33. The Labute approximate surface area is 109 Å². The molecule has 2 atom stereocenters. The maximum absolute atomic E-state index is 13.2. The van der Waals surface area contributed by atoms with E-state index >= 15 is 0 Å². The zero-order valence-electron chi connectivity index (χ0n) is 10.1. The van der Waals surface area contributed by atoms with Crippen LogP contribution in [0.3, 0.4) is 0 Å². The minimum absolute atomic E-state index is 0.264. The van der Waals surface area contributed by atoms with Crippen LogP contribution in [0.2, 0.25) is 0 Å². The van der Waals surface area contributed by atoms with Crippen LogP contribution in [-0.4, -0.2) is 39.6 Å². The van der Waals surface area contributed by atoms with Gasteiger partial charge < -0.3 is 10.2 Å². The molecule has 5 nitrogen and oxygen atoms in total. The third-order valence-electron chi connectivity index (χ3n) is 3.31. The highest BCUT2D eigenvalue weighted by Crippen LogP contribution is 2.30. The Morgan fingerprint density at radius 1 is 1.37 bits per heavy atom. The fourth-order valence-electron chi connectivity index (χ4n) is 2.52. The summed E-state index contributed by atoms with van der Waals surface area (Å²) in [4.78, 5) is 23.9. The second kappa shape index (κ2) is 5.36. The molecule has 2 N–H and O–H groups in total. The van der Waals surface area contributed by atoms with E-state index in [0.29, 0.717) is 19.4 Å². The van der Waals surface area contributed by atoms with Gasteiger partial charge in [0.05, 0.1) is 0 Å². The molecule has 2 rings (SSSR count). The van der Waals surface area contributed by atoms with Crippen molar-refractivity contribution in [2.24, 2.45) is 0 Å². The van der Waals surface area contributed by atoms with E-state index in [1.807, 2.05) is 0 Å². The Morgan fingerprint density at radius 3 is 2.68 bits per heavy atom. The molecule has 2 unspecified atom stereocenters. The van der Waals surface area contributed by atoms with E-state index in [-0.39, 0.29) is 5.56 Å². The van der Waals surface area contributed by atoms with Crippen LogP contribution in [0, 0.1) is 5.82 Å². The van der Waals surface area contributed by atoms with Crippen LogP contribution in [0.15, 0.2) is 24.3 Å². The Hall–Kier alpha value is -1.95. The van der Waals surface area contributed by atoms with Crippen LogP contribution in [0.5, 0.6) is 0 Å². The van der Waals surface area contributed by atoms with Gasteiger partial charge in [0.25, 0.3) is 0 Å². The van der Waals surface area contributed by atoms with E-state index in [2.05, 4.69) is 0 Å². The average Bonchev–Trinajstić information content (AvgIpc) is 2.78. The lowest BCUT2D eigenvalue weighted by atomic mass is 10.0. The van der Waals surface area contributed by atoms with Crippen molar-refractivity contribution in [3.8, 4) is 0 Å². The highest BCUT2D eigenvalue weighted by atomic mass is 19.1. The first-order valence-electron chi connectivity index (χ1n) is 5.97.